The van der Waals surface area contributed by atoms with Crippen molar-refractivity contribution < 1.29 is 0 Å². The monoisotopic (exact) mass is 534 g/mol. The van der Waals surface area contributed by atoms with Gasteiger partial charge in [-0.3, -0.25) is 0 Å². The van der Waals surface area contributed by atoms with E-state index in [9.17, 15) is 0 Å². The lowest BCUT2D eigenvalue weighted by Gasteiger charge is -2.17. The number of rotatable bonds is 3. The molecule has 10 rings (SSSR count). The van der Waals surface area contributed by atoms with Gasteiger partial charge in [-0.05, 0) is 156 Å². The van der Waals surface area contributed by atoms with Crippen LogP contribution in [0.3, 0.4) is 0 Å². The average molecular weight is 535 g/mol. The third-order valence-corrected chi connectivity index (χ3v) is 10.5. The zero-order valence-corrected chi connectivity index (χ0v) is 23.6. The van der Waals surface area contributed by atoms with Gasteiger partial charge in [-0.25, -0.2) is 0 Å². The third kappa shape index (κ3) is 3.13. The van der Waals surface area contributed by atoms with Gasteiger partial charge in [0.15, 0.2) is 0 Å². The van der Waals surface area contributed by atoms with Crippen LogP contribution in [0.5, 0.6) is 0 Å². The smallest absolute Gasteiger partial charge is 0.00999 e. The quantitative estimate of drug-likeness (QED) is 0.211. The van der Waals surface area contributed by atoms with E-state index in [-0.39, 0.29) is 0 Å². The number of aryl methyl sites for hydroxylation is 6. The molecule has 0 nitrogen and oxygen atoms in total. The van der Waals surface area contributed by atoms with E-state index in [4.69, 9.17) is 0 Å². The lowest BCUT2D eigenvalue weighted by molar-refractivity contribution is 1.02. The van der Waals surface area contributed by atoms with Crippen LogP contribution in [0.4, 0.5) is 0 Å². The molecule has 3 aliphatic rings. The molecule has 0 aliphatic heterocycles. The summed E-state index contributed by atoms with van der Waals surface area (Å²) in [6.45, 7) is 0. The van der Waals surface area contributed by atoms with Gasteiger partial charge < -0.3 is 0 Å². The van der Waals surface area contributed by atoms with Crippen molar-refractivity contribution >= 4 is 32.3 Å². The van der Waals surface area contributed by atoms with Gasteiger partial charge in [0.1, 0.15) is 0 Å². The molecular formula is C42H30. The molecule has 0 spiro atoms. The molecule has 3 aliphatic carbocycles. The fraction of sp³-hybridized carbons (Fsp3) is 0.143. The van der Waals surface area contributed by atoms with Gasteiger partial charge in [0, 0.05) is 0 Å². The minimum atomic E-state index is 1.16. The van der Waals surface area contributed by atoms with Gasteiger partial charge in [0.2, 0.25) is 0 Å². The standard InChI is InChI=1S/C42H30/c1-4-25-10-13-28-16-19-34(37(7-1)40(25)28)31-22-32(35-20-17-29-14-11-26-5-2-8-38(35)41(26)29)24-33(23-31)36-21-18-30-15-12-27-6-3-9-39(36)42(27)30/h1-9,16-24H,10-15H2. The highest BCUT2D eigenvalue weighted by atomic mass is 14.3. The maximum Gasteiger partial charge on any atom is -0.00999 e. The van der Waals surface area contributed by atoms with Crippen LogP contribution < -0.4 is 0 Å². The second kappa shape index (κ2) is 8.43. The van der Waals surface area contributed by atoms with Gasteiger partial charge in [-0.2, -0.15) is 0 Å². The van der Waals surface area contributed by atoms with E-state index < -0.39 is 0 Å². The maximum atomic E-state index is 2.46. The van der Waals surface area contributed by atoms with E-state index in [1.165, 1.54) is 99.1 Å². The van der Waals surface area contributed by atoms with E-state index >= 15 is 0 Å². The largest absolute Gasteiger partial charge is 0.0613 e. The zero-order chi connectivity index (χ0) is 27.4. The Balaban J connectivity index is 1.29. The van der Waals surface area contributed by atoms with Crippen molar-refractivity contribution in [1.29, 1.82) is 0 Å². The van der Waals surface area contributed by atoms with Gasteiger partial charge >= 0.3 is 0 Å². The number of hydrogen-bond acceptors (Lipinski definition) is 0. The summed E-state index contributed by atoms with van der Waals surface area (Å²) in [6.07, 6.45) is 6.93. The molecule has 7 aromatic carbocycles. The van der Waals surface area contributed by atoms with E-state index in [2.05, 4.69) is 109 Å². The Morgan fingerprint density at radius 3 is 0.881 bits per heavy atom. The van der Waals surface area contributed by atoms with Crippen LogP contribution in [0.15, 0.2) is 109 Å². The highest BCUT2D eigenvalue weighted by Gasteiger charge is 2.21. The van der Waals surface area contributed by atoms with Crippen molar-refractivity contribution in [3.05, 3.63) is 143 Å². The molecule has 0 atom stereocenters. The van der Waals surface area contributed by atoms with Gasteiger partial charge in [-0.1, -0.05) is 91.0 Å². The minimum Gasteiger partial charge on any atom is -0.0613 e. The van der Waals surface area contributed by atoms with Crippen LogP contribution in [0.2, 0.25) is 0 Å². The minimum absolute atomic E-state index is 1.16. The van der Waals surface area contributed by atoms with Crippen molar-refractivity contribution in [2.24, 2.45) is 0 Å². The predicted molar refractivity (Wildman–Crippen MR) is 177 cm³/mol. The van der Waals surface area contributed by atoms with Gasteiger partial charge in [-0.15, -0.1) is 0 Å². The molecule has 0 N–H and O–H groups in total. The van der Waals surface area contributed by atoms with Gasteiger partial charge in [0.05, 0.1) is 0 Å². The second-order valence-electron chi connectivity index (χ2n) is 12.6. The highest BCUT2D eigenvalue weighted by Crippen LogP contribution is 2.44. The topological polar surface area (TPSA) is 0 Å². The molecule has 0 heterocycles. The first-order valence-electron chi connectivity index (χ1n) is 15.6. The highest BCUT2D eigenvalue weighted by molar-refractivity contribution is 6.07. The molecular weight excluding hydrogens is 504 g/mol. The maximum absolute atomic E-state index is 2.46. The van der Waals surface area contributed by atoms with Crippen molar-refractivity contribution in [1.82, 2.24) is 0 Å². The Labute approximate surface area is 246 Å². The Bertz CT molecular complexity index is 1990. The molecule has 0 amide bonds. The van der Waals surface area contributed by atoms with E-state index in [1.807, 2.05) is 0 Å². The molecule has 0 saturated carbocycles. The van der Waals surface area contributed by atoms with Crippen LogP contribution in [0.25, 0.3) is 65.7 Å². The Kier molecular flexibility index (Phi) is 4.60. The summed E-state index contributed by atoms with van der Waals surface area (Å²) in [6, 6.07) is 42.5. The van der Waals surface area contributed by atoms with Crippen molar-refractivity contribution in [2.75, 3.05) is 0 Å². The normalized spacial score (nSPS) is 14.6. The Morgan fingerprint density at radius 2 is 0.571 bits per heavy atom. The molecule has 0 heteroatoms. The molecule has 198 valence electrons. The van der Waals surface area contributed by atoms with Crippen LogP contribution in [-0.2, 0) is 38.5 Å². The first-order valence-corrected chi connectivity index (χ1v) is 15.6. The number of hydrogen-bond donors (Lipinski definition) is 0. The fourth-order valence-corrected chi connectivity index (χ4v) is 8.59. The molecule has 0 radical (unpaired) electrons. The summed E-state index contributed by atoms with van der Waals surface area (Å²) in [7, 11) is 0. The summed E-state index contributed by atoms with van der Waals surface area (Å²) in [5.41, 5.74) is 17.0. The van der Waals surface area contributed by atoms with Crippen molar-refractivity contribution in [3.8, 4) is 33.4 Å². The molecule has 0 unspecified atom stereocenters. The molecule has 0 fully saturated rings. The molecule has 7 aromatic rings. The summed E-state index contributed by atoms with van der Waals surface area (Å²) >= 11 is 0. The molecule has 0 bridgehead atoms. The predicted octanol–water partition coefficient (Wildman–Crippen LogP) is 10.4. The lowest BCUT2D eigenvalue weighted by Crippen LogP contribution is -1.91. The summed E-state index contributed by atoms with van der Waals surface area (Å²) < 4.78 is 0. The van der Waals surface area contributed by atoms with Crippen LogP contribution >= 0.6 is 0 Å². The van der Waals surface area contributed by atoms with Gasteiger partial charge in [0.25, 0.3) is 0 Å². The zero-order valence-electron chi connectivity index (χ0n) is 23.6. The second-order valence-corrected chi connectivity index (χ2v) is 12.6. The third-order valence-electron chi connectivity index (χ3n) is 10.5. The molecule has 0 aromatic heterocycles. The Morgan fingerprint density at radius 1 is 0.286 bits per heavy atom. The van der Waals surface area contributed by atoms with E-state index in [0.29, 0.717) is 0 Å². The number of benzene rings is 7. The Hall–Kier alpha value is -4.68. The molecule has 42 heavy (non-hydrogen) atoms. The van der Waals surface area contributed by atoms with E-state index in [1.54, 1.807) is 0 Å². The van der Waals surface area contributed by atoms with Crippen molar-refractivity contribution in [3.63, 3.8) is 0 Å². The summed E-state index contributed by atoms with van der Waals surface area (Å²) in [5, 5.41) is 8.64. The fourth-order valence-electron chi connectivity index (χ4n) is 8.59. The van der Waals surface area contributed by atoms with E-state index in [0.717, 1.165) is 38.5 Å². The van der Waals surface area contributed by atoms with Crippen LogP contribution in [0.1, 0.15) is 33.4 Å². The first-order chi connectivity index (χ1) is 20.8. The van der Waals surface area contributed by atoms with Crippen molar-refractivity contribution in [2.45, 2.75) is 38.5 Å². The SMILES string of the molecule is c1cc2c3c(ccc(-c4cc(-c5ccc6c7c(cccc57)CC6)cc(-c5ccc6c7c(cccc57)CC6)c4)c3c1)CC2. The first kappa shape index (κ1) is 22.9. The van der Waals surface area contributed by atoms with Crippen LogP contribution in [0, 0.1) is 0 Å². The molecule has 0 saturated heterocycles. The van der Waals surface area contributed by atoms with Crippen LogP contribution in [-0.4, -0.2) is 0 Å². The summed E-state index contributed by atoms with van der Waals surface area (Å²) in [5.74, 6) is 0. The lowest BCUT2D eigenvalue weighted by atomic mass is 9.87. The average Bonchev–Trinajstić information content (AvgIpc) is 3.78. The summed E-state index contributed by atoms with van der Waals surface area (Å²) in [4.78, 5) is 0.